The zero-order valence-corrected chi connectivity index (χ0v) is 21.0. The van der Waals surface area contributed by atoms with Crippen molar-refractivity contribution in [2.45, 2.75) is 25.0 Å². The zero-order chi connectivity index (χ0) is 24.8. The summed E-state index contributed by atoms with van der Waals surface area (Å²) < 4.78 is 21.7. The fourth-order valence-electron chi connectivity index (χ4n) is 3.45. The number of methoxy groups -OCH3 is 3. The molecule has 182 valence electrons. The Labute approximate surface area is 208 Å². The molecule has 0 amide bonds. The van der Waals surface area contributed by atoms with Crippen molar-refractivity contribution in [3.05, 3.63) is 60.8 Å². The predicted octanol–water partition coefficient (Wildman–Crippen LogP) is 4.40. The highest BCUT2D eigenvalue weighted by molar-refractivity contribution is 8.01. The van der Waals surface area contributed by atoms with Crippen LogP contribution in [0.5, 0.6) is 17.4 Å². The van der Waals surface area contributed by atoms with E-state index in [0.29, 0.717) is 34.8 Å². The van der Waals surface area contributed by atoms with E-state index in [0.717, 1.165) is 11.3 Å². The van der Waals surface area contributed by atoms with Crippen LogP contribution >= 0.6 is 11.9 Å². The number of rotatable bonds is 10. The van der Waals surface area contributed by atoms with Crippen LogP contribution in [0.15, 0.2) is 55.1 Å². The van der Waals surface area contributed by atoms with Gasteiger partial charge in [-0.05, 0) is 36.2 Å². The summed E-state index contributed by atoms with van der Waals surface area (Å²) in [7, 11) is 4.81. The van der Waals surface area contributed by atoms with Crippen molar-refractivity contribution in [2.75, 3.05) is 26.1 Å². The lowest BCUT2D eigenvalue weighted by Crippen LogP contribution is -2.14. The van der Waals surface area contributed by atoms with Crippen molar-refractivity contribution in [1.82, 2.24) is 29.7 Å². The van der Waals surface area contributed by atoms with Crippen LogP contribution in [0.2, 0.25) is 0 Å². The van der Waals surface area contributed by atoms with Gasteiger partial charge in [0.2, 0.25) is 11.8 Å². The lowest BCUT2D eigenvalue weighted by Gasteiger charge is -2.20. The number of para-hydroxylation sites is 1. The second-order valence-electron chi connectivity index (χ2n) is 7.63. The van der Waals surface area contributed by atoms with Crippen molar-refractivity contribution in [1.29, 1.82) is 0 Å². The molecule has 11 heteroatoms. The molecular weight excluding hydrogens is 466 g/mol. The number of anilines is 1. The first-order chi connectivity index (χ1) is 17.1. The van der Waals surface area contributed by atoms with E-state index in [2.05, 4.69) is 43.7 Å². The number of nitrogens with one attached hydrogen (secondary N) is 1. The molecule has 0 aliphatic rings. The van der Waals surface area contributed by atoms with Gasteiger partial charge in [-0.25, -0.2) is 4.98 Å². The third-order valence-electron chi connectivity index (χ3n) is 5.57. The molecule has 0 fully saturated rings. The Morgan fingerprint density at radius 3 is 2.26 bits per heavy atom. The van der Waals surface area contributed by atoms with Crippen molar-refractivity contribution < 1.29 is 14.2 Å². The zero-order valence-electron chi connectivity index (χ0n) is 20.2. The van der Waals surface area contributed by atoms with E-state index in [9.17, 15) is 0 Å². The lowest BCUT2D eigenvalue weighted by atomic mass is 10.1. The van der Waals surface area contributed by atoms with Crippen molar-refractivity contribution >= 4 is 17.9 Å². The third kappa shape index (κ3) is 5.14. The Morgan fingerprint density at radius 2 is 1.66 bits per heavy atom. The number of pyridine rings is 1. The first kappa shape index (κ1) is 24.3. The van der Waals surface area contributed by atoms with Crippen LogP contribution in [0.25, 0.3) is 17.1 Å². The molecule has 0 saturated carbocycles. The Hall–Kier alpha value is -3.86. The Balaban J connectivity index is 1.68. The van der Waals surface area contributed by atoms with E-state index < -0.39 is 0 Å². The number of ether oxygens (including phenoxy) is 3. The van der Waals surface area contributed by atoms with E-state index >= 15 is 0 Å². The Bertz CT molecular complexity index is 1230. The summed E-state index contributed by atoms with van der Waals surface area (Å²) in [5.41, 5.74) is 2.36. The molecule has 1 N–H and O–H groups in total. The van der Waals surface area contributed by atoms with Gasteiger partial charge in [0, 0.05) is 29.1 Å². The molecule has 0 aliphatic carbocycles. The van der Waals surface area contributed by atoms with Crippen LogP contribution in [0.3, 0.4) is 0 Å². The molecule has 2 atom stereocenters. The molecule has 4 rings (SSSR count). The second-order valence-corrected chi connectivity index (χ2v) is 8.82. The van der Waals surface area contributed by atoms with Crippen molar-refractivity contribution in [3.63, 3.8) is 0 Å². The summed E-state index contributed by atoms with van der Waals surface area (Å²) in [6.45, 7) is 4.21. The van der Waals surface area contributed by atoms with E-state index in [4.69, 9.17) is 14.2 Å². The molecule has 2 unspecified atom stereocenters. The third-order valence-corrected chi connectivity index (χ3v) is 6.65. The average molecular weight is 494 g/mol. The van der Waals surface area contributed by atoms with Gasteiger partial charge in [-0.3, -0.25) is 19.3 Å². The van der Waals surface area contributed by atoms with Crippen LogP contribution in [-0.2, 0) is 0 Å². The number of benzene rings is 1. The van der Waals surface area contributed by atoms with Gasteiger partial charge in [0.25, 0.3) is 0 Å². The summed E-state index contributed by atoms with van der Waals surface area (Å²) >= 11 is 1.52. The summed E-state index contributed by atoms with van der Waals surface area (Å²) in [6, 6.07) is 9.40. The highest BCUT2D eigenvalue weighted by Crippen LogP contribution is 2.38. The van der Waals surface area contributed by atoms with Gasteiger partial charge < -0.3 is 14.2 Å². The van der Waals surface area contributed by atoms with Gasteiger partial charge in [0.15, 0.2) is 5.82 Å². The molecule has 1 aromatic carbocycles. The van der Waals surface area contributed by atoms with Gasteiger partial charge in [-0.1, -0.05) is 19.9 Å². The fourth-order valence-corrected chi connectivity index (χ4v) is 4.22. The van der Waals surface area contributed by atoms with Crippen LogP contribution < -0.4 is 18.9 Å². The molecular formula is C24H27N7O3S. The quantitative estimate of drug-likeness (QED) is 0.319. The van der Waals surface area contributed by atoms with Crippen LogP contribution in [0.1, 0.15) is 25.5 Å². The average Bonchev–Trinajstić information content (AvgIpc) is 3.34. The highest BCUT2D eigenvalue weighted by atomic mass is 32.2. The molecule has 3 heterocycles. The molecule has 10 nitrogen and oxygen atoms in total. The van der Waals surface area contributed by atoms with E-state index in [1.54, 1.807) is 46.1 Å². The van der Waals surface area contributed by atoms with Gasteiger partial charge >= 0.3 is 0 Å². The van der Waals surface area contributed by atoms with Crippen LogP contribution in [0.4, 0.5) is 5.95 Å². The van der Waals surface area contributed by atoms with E-state index in [1.807, 2.05) is 34.9 Å². The van der Waals surface area contributed by atoms with E-state index in [1.165, 1.54) is 11.9 Å². The summed E-state index contributed by atoms with van der Waals surface area (Å²) in [5.74, 6) is 2.97. The summed E-state index contributed by atoms with van der Waals surface area (Å²) in [4.78, 5) is 13.0. The maximum absolute atomic E-state index is 5.67. The summed E-state index contributed by atoms with van der Waals surface area (Å²) in [5, 5.41) is 9.04. The monoisotopic (exact) mass is 493 g/mol. The second kappa shape index (κ2) is 11.0. The lowest BCUT2D eigenvalue weighted by molar-refractivity contribution is 0.391. The van der Waals surface area contributed by atoms with E-state index in [-0.39, 0.29) is 11.2 Å². The highest BCUT2D eigenvalue weighted by Gasteiger charge is 2.24. The minimum absolute atomic E-state index is 0.112. The largest absolute Gasteiger partial charge is 0.494 e. The number of nitrogens with zero attached hydrogens (tertiary/aromatic N) is 6. The molecule has 35 heavy (non-hydrogen) atoms. The van der Waals surface area contributed by atoms with Gasteiger partial charge in [-0.2, -0.15) is 0 Å². The number of hydrogen-bond donors (Lipinski definition) is 1. The molecule has 4 aromatic rings. The minimum atomic E-state index is 0.112. The Kier molecular flexibility index (Phi) is 7.66. The van der Waals surface area contributed by atoms with Crippen molar-refractivity contribution in [3.8, 4) is 34.5 Å². The van der Waals surface area contributed by atoms with Gasteiger partial charge in [0.05, 0.1) is 39.4 Å². The SMILES string of the molecule is COc1cnc(C(C)C(C)SNc2nnc(-c3cccnc3)n2-c2c(OC)cccc2OC)cn1. The Morgan fingerprint density at radius 1 is 0.886 bits per heavy atom. The molecule has 0 saturated heterocycles. The maximum atomic E-state index is 5.67. The van der Waals surface area contributed by atoms with Crippen LogP contribution in [-0.4, -0.2) is 56.3 Å². The molecule has 0 spiro atoms. The predicted molar refractivity (Wildman–Crippen MR) is 135 cm³/mol. The van der Waals surface area contributed by atoms with Gasteiger partial charge in [-0.15, -0.1) is 10.2 Å². The standard InChI is InChI=1S/C24H27N7O3S/c1-15(18-13-27-21(34-5)14-26-18)16(2)35-30-24-29-28-23(17-8-7-11-25-12-17)31(24)22-19(32-3)9-6-10-20(22)33-4/h6-16H,1-5H3,(H,29,30). The smallest absolute Gasteiger partial charge is 0.239 e. The van der Waals surface area contributed by atoms with Crippen molar-refractivity contribution in [2.24, 2.45) is 0 Å². The molecule has 3 aromatic heterocycles. The molecule has 0 aliphatic heterocycles. The molecule has 0 bridgehead atoms. The maximum Gasteiger partial charge on any atom is 0.239 e. The topological polar surface area (TPSA) is 109 Å². The van der Waals surface area contributed by atoms with Crippen LogP contribution in [0, 0.1) is 0 Å². The normalized spacial score (nSPS) is 12.6. The first-order valence-electron chi connectivity index (χ1n) is 10.9. The fraction of sp³-hybridized carbons (Fsp3) is 0.292. The summed E-state index contributed by atoms with van der Waals surface area (Å²) in [6.07, 6.45) is 6.82. The number of hydrogen-bond acceptors (Lipinski definition) is 10. The first-order valence-corrected chi connectivity index (χ1v) is 11.8. The molecule has 0 radical (unpaired) electrons. The van der Waals surface area contributed by atoms with Gasteiger partial charge in [0.1, 0.15) is 17.2 Å². The minimum Gasteiger partial charge on any atom is -0.494 e. The number of aromatic nitrogens is 6.